The normalized spacial score (nSPS) is 17.4. The molecule has 4 heteroatoms. The number of benzene rings is 1. The van der Waals surface area contributed by atoms with E-state index in [9.17, 15) is 9.90 Å². The van der Waals surface area contributed by atoms with E-state index in [0.29, 0.717) is 0 Å². The fourth-order valence-electron chi connectivity index (χ4n) is 2.42. The van der Waals surface area contributed by atoms with Crippen molar-refractivity contribution >= 4 is 11.6 Å². The van der Waals surface area contributed by atoms with Gasteiger partial charge in [-0.2, -0.15) is 0 Å². The number of anilines is 1. The van der Waals surface area contributed by atoms with E-state index in [1.54, 1.807) is 6.92 Å². The van der Waals surface area contributed by atoms with E-state index in [1.165, 1.54) is 0 Å². The summed E-state index contributed by atoms with van der Waals surface area (Å²) in [5.74, 6) is 0.154. The van der Waals surface area contributed by atoms with Gasteiger partial charge in [0.1, 0.15) is 0 Å². The van der Waals surface area contributed by atoms with Crippen molar-refractivity contribution in [2.75, 3.05) is 31.1 Å². The molecular formula is C15H22N2O2. The summed E-state index contributed by atoms with van der Waals surface area (Å²) in [6.45, 7) is 6.91. The molecule has 1 unspecified atom stereocenters. The summed E-state index contributed by atoms with van der Waals surface area (Å²) in [6, 6.07) is 8.08. The van der Waals surface area contributed by atoms with Gasteiger partial charge in [-0.3, -0.25) is 4.79 Å². The number of piperazine rings is 1. The third-order valence-electron chi connectivity index (χ3n) is 3.75. The summed E-state index contributed by atoms with van der Waals surface area (Å²) in [5, 5.41) is 9.77. The summed E-state index contributed by atoms with van der Waals surface area (Å²) < 4.78 is 0. The summed E-state index contributed by atoms with van der Waals surface area (Å²) in [4.78, 5) is 15.4. The van der Waals surface area contributed by atoms with Crippen LogP contribution < -0.4 is 4.90 Å². The molecule has 0 saturated carbocycles. The van der Waals surface area contributed by atoms with Crippen LogP contribution in [0.4, 0.5) is 5.69 Å². The molecule has 2 rings (SSSR count). The third-order valence-corrected chi connectivity index (χ3v) is 3.75. The summed E-state index contributed by atoms with van der Waals surface area (Å²) in [6.07, 6.45) is 0.361. The van der Waals surface area contributed by atoms with E-state index >= 15 is 0 Å². The third kappa shape index (κ3) is 3.26. The number of hydrogen-bond acceptors (Lipinski definition) is 3. The average Bonchev–Trinajstić information content (AvgIpc) is 2.46. The first-order chi connectivity index (χ1) is 9.11. The van der Waals surface area contributed by atoms with Crippen LogP contribution in [0.5, 0.6) is 0 Å². The van der Waals surface area contributed by atoms with Crippen LogP contribution in [0.3, 0.4) is 0 Å². The van der Waals surface area contributed by atoms with Gasteiger partial charge in [0.25, 0.3) is 0 Å². The SMILES string of the molecule is CCC(O)c1ccc(N2CCN(C(C)=O)CC2)cc1. The van der Waals surface area contributed by atoms with Crippen LogP contribution in [0.2, 0.25) is 0 Å². The number of nitrogens with zero attached hydrogens (tertiary/aromatic N) is 2. The average molecular weight is 262 g/mol. The number of amides is 1. The van der Waals surface area contributed by atoms with Crippen LogP contribution >= 0.6 is 0 Å². The molecule has 1 atom stereocenters. The predicted octanol–water partition coefficient (Wildman–Crippen LogP) is 1.80. The number of rotatable bonds is 3. The first-order valence-corrected chi connectivity index (χ1v) is 6.90. The van der Waals surface area contributed by atoms with Crippen LogP contribution in [0.1, 0.15) is 31.9 Å². The smallest absolute Gasteiger partial charge is 0.219 e. The molecule has 4 nitrogen and oxygen atoms in total. The minimum atomic E-state index is -0.372. The molecule has 0 radical (unpaired) electrons. The zero-order valence-corrected chi connectivity index (χ0v) is 11.7. The first kappa shape index (κ1) is 13.9. The summed E-state index contributed by atoms with van der Waals surface area (Å²) in [5.41, 5.74) is 2.13. The van der Waals surface area contributed by atoms with Crippen molar-refractivity contribution in [1.82, 2.24) is 4.90 Å². The van der Waals surface area contributed by atoms with Crippen molar-refractivity contribution in [2.24, 2.45) is 0 Å². The molecule has 1 saturated heterocycles. The molecule has 1 N–H and O–H groups in total. The molecule has 1 aromatic rings. The molecule has 1 heterocycles. The Morgan fingerprint density at radius 1 is 1.21 bits per heavy atom. The molecule has 1 amide bonds. The van der Waals surface area contributed by atoms with Crippen molar-refractivity contribution in [2.45, 2.75) is 26.4 Å². The highest BCUT2D eigenvalue weighted by atomic mass is 16.3. The maximum absolute atomic E-state index is 11.3. The molecule has 1 fully saturated rings. The van der Waals surface area contributed by atoms with Crippen molar-refractivity contribution in [3.63, 3.8) is 0 Å². The van der Waals surface area contributed by atoms with E-state index in [4.69, 9.17) is 0 Å². The zero-order chi connectivity index (χ0) is 13.8. The highest BCUT2D eigenvalue weighted by molar-refractivity contribution is 5.73. The van der Waals surface area contributed by atoms with Gasteiger partial charge < -0.3 is 14.9 Å². The lowest BCUT2D eigenvalue weighted by atomic mass is 10.1. The molecule has 19 heavy (non-hydrogen) atoms. The topological polar surface area (TPSA) is 43.8 Å². The molecule has 104 valence electrons. The lowest BCUT2D eigenvalue weighted by Gasteiger charge is -2.35. The highest BCUT2D eigenvalue weighted by Crippen LogP contribution is 2.22. The fraction of sp³-hybridized carbons (Fsp3) is 0.533. The Morgan fingerprint density at radius 3 is 2.26 bits per heavy atom. The molecule has 0 aliphatic carbocycles. The van der Waals surface area contributed by atoms with E-state index in [-0.39, 0.29) is 12.0 Å². The number of hydrogen-bond donors (Lipinski definition) is 1. The van der Waals surface area contributed by atoms with Gasteiger partial charge in [-0.15, -0.1) is 0 Å². The largest absolute Gasteiger partial charge is 0.388 e. The van der Waals surface area contributed by atoms with E-state index in [1.807, 2.05) is 24.0 Å². The van der Waals surface area contributed by atoms with E-state index < -0.39 is 0 Å². The van der Waals surface area contributed by atoms with Crippen LogP contribution in [0.15, 0.2) is 24.3 Å². The van der Waals surface area contributed by atoms with Gasteiger partial charge in [0.15, 0.2) is 0 Å². The molecule has 0 aromatic heterocycles. The maximum atomic E-state index is 11.3. The number of aliphatic hydroxyl groups is 1. The maximum Gasteiger partial charge on any atom is 0.219 e. The Hall–Kier alpha value is -1.55. The minimum absolute atomic E-state index is 0.154. The highest BCUT2D eigenvalue weighted by Gasteiger charge is 2.18. The van der Waals surface area contributed by atoms with Crippen molar-refractivity contribution in [3.8, 4) is 0 Å². The van der Waals surface area contributed by atoms with Gasteiger partial charge in [-0.25, -0.2) is 0 Å². The lowest BCUT2D eigenvalue weighted by molar-refractivity contribution is -0.129. The number of carbonyl (C=O) groups excluding carboxylic acids is 1. The Morgan fingerprint density at radius 2 is 1.79 bits per heavy atom. The van der Waals surface area contributed by atoms with Crippen molar-refractivity contribution in [1.29, 1.82) is 0 Å². The molecule has 1 aromatic carbocycles. The fourth-order valence-corrected chi connectivity index (χ4v) is 2.42. The van der Waals surface area contributed by atoms with Gasteiger partial charge in [-0.1, -0.05) is 19.1 Å². The standard InChI is InChI=1S/C15H22N2O2/c1-3-15(19)13-4-6-14(7-5-13)17-10-8-16(9-11-17)12(2)18/h4-7,15,19H,3,8-11H2,1-2H3. The Bertz CT molecular complexity index is 422. The lowest BCUT2D eigenvalue weighted by Crippen LogP contribution is -2.48. The van der Waals surface area contributed by atoms with Gasteiger partial charge in [0, 0.05) is 38.8 Å². The Kier molecular flexibility index (Phi) is 4.43. The van der Waals surface area contributed by atoms with Crippen LogP contribution in [-0.2, 0) is 4.79 Å². The summed E-state index contributed by atoms with van der Waals surface area (Å²) >= 11 is 0. The molecular weight excluding hydrogens is 240 g/mol. The first-order valence-electron chi connectivity index (χ1n) is 6.90. The minimum Gasteiger partial charge on any atom is -0.388 e. The Balaban J connectivity index is 1.98. The van der Waals surface area contributed by atoms with Crippen LogP contribution in [-0.4, -0.2) is 42.1 Å². The molecule has 0 spiro atoms. The second kappa shape index (κ2) is 6.06. The van der Waals surface area contributed by atoms with Gasteiger partial charge in [-0.05, 0) is 24.1 Å². The number of carbonyl (C=O) groups is 1. The second-order valence-electron chi connectivity index (χ2n) is 5.01. The predicted molar refractivity (Wildman–Crippen MR) is 76.2 cm³/mol. The molecule has 1 aliphatic rings. The summed E-state index contributed by atoms with van der Waals surface area (Å²) in [7, 11) is 0. The van der Waals surface area contributed by atoms with Gasteiger partial charge in [0.2, 0.25) is 5.91 Å². The Labute approximate surface area is 114 Å². The zero-order valence-electron chi connectivity index (χ0n) is 11.7. The van der Waals surface area contributed by atoms with Crippen LogP contribution in [0, 0.1) is 0 Å². The molecule has 0 bridgehead atoms. The monoisotopic (exact) mass is 262 g/mol. The quantitative estimate of drug-likeness (QED) is 0.903. The van der Waals surface area contributed by atoms with E-state index in [2.05, 4.69) is 17.0 Å². The van der Waals surface area contributed by atoms with Crippen LogP contribution in [0.25, 0.3) is 0 Å². The second-order valence-corrected chi connectivity index (χ2v) is 5.01. The van der Waals surface area contributed by atoms with Crippen molar-refractivity contribution < 1.29 is 9.90 Å². The number of aliphatic hydroxyl groups excluding tert-OH is 1. The van der Waals surface area contributed by atoms with E-state index in [0.717, 1.165) is 43.9 Å². The van der Waals surface area contributed by atoms with Crippen molar-refractivity contribution in [3.05, 3.63) is 29.8 Å². The molecule has 1 aliphatic heterocycles. The van der Waals surface area contributed by atoms with Gasteiger partial charge in [0.05, 0.1) is 6.10 Å². The van der Waals surface area contributed by atoms with Gasteiger partial charge >= 0.3 is 0 Å².